The number of halogens is 6. The van der Waals surface area contributed by atoms with Crippen LogP contribution in [0.25, 0.3) is 0 Å². The Morgan fingerprint density at radius 3 is 1.08 bits per heavy atom. The highest BCUT2D eigenvalue weighted by molar-refractivity contribution is 5.88. The Labute approximate surface area is 422 Å². The third-order valence-electron chi connectivity index (χ3n) is 16.2. The molecule has 0 aromatic rings. The van der Waals surface area contributed by atoms with E-state index < -0.39 is 68.1 Å². The Hall–Kier alpha value is -4.12. The van der Waals surface area contributed by atoms with Gasteiger partial charge in [-0.3, -0.25) is 9.59 Å². The maximum Gasteiger partial charge on any atom is 0.422 e. The van der Waals surface area contributed by atoms with Crippen LogP contribution in [0, 0.1) is 70.0 Å². The maximum absolute atomic E-state index is 12.8. The fourth-order valence-electron chi connectivity index (χ4n) is 12.1. The predicted octanol–water partition coefficient (Wildman–Crippen LogP) is 12.1. The van der Waals surface area contributed by atoms with Gasteiger partial charge in [0.25, 0.3) is 0 Å². The molecule has 8 saturated carbocycles. The Bertz CT molecular complexity index is 1880. The van der Waals surface area contributed by atoms with E-state index in [4.69, 9.17) is 9.47 Å². The van der Waals surface area contributed by atoms with Gasteiger partial charge in [0.15, 0.2) is 26.4 Å². The lowest BCUT2D eigenvalue weighted by Crippen LogP contribution is -2.63. The summed E-state index contributed by atoms with van der Waals surface area (Å²) in [6, 6.07) is 0. The summed E-state index contributed by atoms with van der Waals surface area (Å²) >= 11 is 0. The number of esters is 6. The predicted molar refractivity (Wildman–Crippen MR) is 255 cm³/mol. The number of carbonyl (C=O) groups is 6. The highest BCUT2D eigenvalue weighted by atomic mass is 19.4. The van der Waals surface area contributed by atoms with Crippen LogP contribution >= 0.6 is 0 Å². The molecule has 0 amide bonds. The molecule has 8 aliphatic carbocycles. The standard InChI is InChI=1S/C19H32O2.C17H26O2.C10H15F3O4.C8H9F3O4/c1-6-18(4,5)17(20)21-19(12(2)3)15-8-13-7-14(10-15)11-16(19)9-13;1-10(2)16(18)19-17(11(3)4)14-6-12-5-13(8-14)9-15(17)7-12;1-4-9(2,3)8(15)16-5-7(14)17-6-10(11,12)13;1-5(2)7(13)14-3-6(12)15-4-8(9,10)11/h12-16H,6-11H2,1-5H3;11-15H,1,5-9H2,2-4H3;4-6H2,1-3H3;1,3-4H2,2H3. The smallest absolute Gasteiger partial charge is 0.422 e. The van der Waals surface area contributed by atoms with Gasteiger partial charge in [0.2, 0.25) is 0 Å². The molecule has 0 aliphatic heterocycles. The lowest BCUT2D eigenvalue weighted by atomic mass is 9.47. The number of hydrogen-bond acceptors (Lipinski definition) is 12. The molecule has 412 valence electrons. The molecule has 12 nitrogen and oxygen atoms in total. The van der Waals surface area contributed by atoms with Gasteiger partial charge in [-0.25, -0.2) is 19.2 Å². The van der Waals surface area contributed by atoms with Gasteiger partial charge in [0, 0.05) is 11.1 Å². The third-order valence-corrected chi connectivity index (χ3v) is 16.2. The molecule has 0 unspecified atom stereocenters. The molecular formula is C54H82F6O12. The first kappa shape index (κ1) is 62.2. The lowest BCUT2D eigenvalue weighted by molar-refractivity contribution is -0.231. The number of ether oxygens (including phenoxy) is 6. The van der Waals surface area contributed by atoms with Crippen LogP contribution in [-0.2, 0) is 57.2 Å². The number of carbonyl (C=O) groups excluding carboxylic acids is 6. The molecule has 0 aromatic carbocycles. The summed E-state index contributed by atoms with van der Waals surface area (Å²) in [7, 11) is 0. The molecule has 0 atom stereocenters. The van der Waals surface area contributed by atoms with Gasteiger partial charge in [-0.1, -0.05) is 54.7 Å². The molecule has 72 heavy (non-hydrogen) atoms. The summed E-state index contributed by atoms with van der Waals surface area (Å²) < 4.78 is 98.6. The summed E-state index contributed by atoms with van der Waals surface area (Å²) in [5.41, 5.74) is -0.922. The fourth-order valence-corrected chi connectivity index (χ4v) is 12.1. The SMILES string of the molecule is C=C(C)C(=O)OC1(C(C)C)C2CC3CC(C2)CC1C3.C=C(C)C(=O)OCC(=O)OCC(F)(F)F.CCC(C)(C)C(=O)OC1(C(C)C)C2CC3CC(C2)CC1C3.CCC(C)(C)C(=O)OCC(=O)OCC(F)(F)F. The highest BCUT2D eigenvalue weighted by Gasteiger charge is 2.62. The molecule has 0 heterocycles. The minimum Gasteiger partial charge on any atom is -0.458 e. The molecule has 0 N–H and O–H groups in total. The van der Waals surface area contributed by atoms with Gasteiger partial charge in [-0.15, -0.1) is 0 Å². The largest absolute Gasteiger partial charge is 0.458 e. The van der Waals surface area contributed by atoms with Crippen molar-refractivity contribution >= 4 is 35.8 Å². The van der Waals surface area contributed by atoms with Crippen LogP contribution in [-0.4, -0.2) is 85.8 Å². The van der Waals surface area contributed by atoms with Crippen LogP contribution in [0.4, 0.5) is 26.3 Å². The van der Waals surface area contributed by atoms with Crippen molar-refractivity contribution in [2.75, 3.05) is 26.4 Å². The molecule has 0 radical (unpaired) electrons. The fraction of sp³-hybridized carbons (Fsp3) is 0.815. The van der Waals surface area contributed by atoms with Crippen molar-refractivity contribution < 1.29 is 83.5 Å². The zero-order valence-electron chi connectivity index (χ0n) is 44.7. The highest BCUT2D eigenvalue weighted by Crippen LogP contribution is 2.63. The van der Waals surface area contributed by atoms with Crippen LogP contribution < -0.4 is 0 Å². The maximum atomic E-state index is 12.8. The van der Waals surface area contributed by atoms with E-state index in [0.717, 1.165) is 30.1 Å². The van der Waals surface area contributed by atoms with Crippen molar-refractivity contribution in [3.63, 3.8) is 0 Å². The topological polar surface area (TPSA) is 158 Å². The van der Waals surface area contributed by atoms with Crippen LogP contribution in [0.2, 0.25) is 0 Å². The minimum atomic E-state index is -4.59. The van der Waals surface area contributed by atoms with E-state index in [0.29, 0.717) is 47.5 Å². The number of rotatable bonds is 16. The van der Waals surface area contributed by atoms with Gasteiger partial charge < -0.3 is 28.4 Å². The summed E-state index contributed by atoms with van der Waals surface area (Å²) in [5, 5.41) is 0. The number of alkyl halides is 6. The quantitative estimate of drug-likeness (QED) is 0.0624. The van der Waals surface area contributed by atoms with Crippen molar-refractivity contribution in [2.24, 2.45) is 70.0 Å². The van der Waals surface area contributed by atoms with Crippen molar-refractivity contribution in [1.82, 2.24) is 0 Å². The van der Waals surface area contributed by atoms with Gasteiger partial charge in [-0.2, -0.15) is 26.3 Å². The van der Waals surface area contributed by atoms with Crippen molar-refractivity contribution in [3.05, 3.63) is 24.3 Å². The van der Waals surface area contributed by atoms with E-state index in [-0.39, 0.29) is 34.1 Å². The van der Waals surface area contributed by atoms with Gasteiger partial charge in [0.05, 0.1) is 10.8 Å². The first-order valence-corrected chi connectivity index (χ1v) is 25.6. The summed E-state index contributed by atoms with van der Waals surface area (Å²) in [6.07, 6.45) is 5.31. The Morgan fingerprint density at radius 2 is 0.792 bits per heavy atom. The first-order valence-electron chi connectivity index (χ1n) is 25.6. The minimum absolute atomic E-state index is 0.0335. The van der Waals surface area contributed by atoms with Gasteiger partial charge >= 0.3 is 48.2 Å². The molecule has 0 saturated heterocycles. The average Bonchev–Trinajstić information content (AvgIpc) is 3.27. The van der Waals surface area contributed by atoms with Crippen LogP contribution in [0.1, 0.15) is 160 Å². The molecule has 8 aliphatic rings. The van der Waals surface area contributed by atoms with Crippen molar-refractivity contribution in [1.29, 1.82) is 0 Å². The molecule has 0 spiro atoms. The zero-order chi connectivity index (χ0) is 54.9. The van der Waals surface area contributed by atoms with Crippen LogP contribution in [0.3, 0.4) is 0 Å². The first-order chi connectivity index (χ1) is 33.0. The normalized spacial score (nSPS) is 28.7. The molecule has 8 rings (SSSR count). The monoisotopic (exact) mass is 1040 g/mol. The lowest BCUT2D eigenvalue weighted by Gasteiger charge is -2.62. The van der Waals surface area contributed by atoms with E-state index >= 15 is 0 Å². The van der Waals surface area contributed by atoms with E-state index in [1.54, 1.807) is 27.7 Å². The van der Waals surface area contributed by atoms with E-state index in [9.17, 15) is 55.1 Å². The molecule has 0 aromatic heterocycles. The second kappa shape index (κ2) is 24.9. The molecule has 8 bridgehead atoms. The Kier molecular flexibility index (Phi) is 21.5. The van der Waals surface area contributed by atoms with E-state index in [1.807, 2.05) is 13.8 Å². The number of hydrogen-bond donors (Lipinski definition) is 0. The van der Waals surface area contributed by atoms with Crippen molar-refractivity contribution in [3.8, 4) is 0 Å². The van der Waals surface area contributed by atoms with Crippen LogP contribution in [0.5, 0.6) is 0 Å². The third kappa shape index (κ3) is 16.4. The second-order valence-electron chi connectivity index (χ2n) is 23.1. The molecule has 8 fully saturated rings. The average molecular weight is 1040 g/mol. The second-order valence-corrected chi connectivity index (χ2v) is 23.1. The van der Waals surface area contributed by atoms with Crippen molar-refractivity contribution in [2.45, 2.75) is 184 Å². The van der Waals surface area contributed by atoms with E-state index in [2.05, 4.69) is 66.7 Å². The summed E-state index contributed by atoms with van der Waals surface area (Å²) in [4.78, 5) is 68.3. The Balaban J connectivity index is 0.000000256. The molecule has 18 heteroatoms. The van der Waals surface area contributed by atoms with Gasteiger partial charge in [-0.05, 0) is 178 Å². The summed E-state index contributed by atoms with van der Waals surface area (Å²) in [6.45, 7) is 25.1. The molecular weight excluding hydrogens is 955 g/mol. The Morgan fingerprint density at radius 1 is 0.486 bits per heavy atom. The van der Waals surface area contributed by atoms with Gasteiger partial charge in [0.1, 0.15) is 11.2 Å². The van der Waals surface area contributed by atoms with Crippen LogP contribution in [0.15, 0.2) is 24.3 Å². The zero-order valence-corrected chi connectivity index (χ0v) is 44.7. The van der Waals surface area contributed by atoms with E-state index in [1.165, 1.54) is 71.1 Å². The summed E-state index contributed by atoms with van der Waals surface area (Å²) in [5.74, 6) is 2.75.